The van der Waals surface area contributed by atoms with Crippen LogP contribution in [0, 0.1) is 0 Å². The highest BCUT2D eigenvalue weighted by Gasteiger charge is 2.23. The first-order valence-electron chi connectivity index (χ1n) is 11.4. The maximum absolute atomic E-state index is 13.1. The van der Waals surface area contributed by atoms with Gasteiger partial charge in [-0.1, -0.05) is 62.9 Å². The van der Waals surface area contributed by atoms with Crippen LogP contribution in [0.4, 0.5) is 0 Å². The fourth-order valence-corrected chi connectivity index (χ4v) is 5.31. The van der Waals surface area contributed by atoms with Crippen molar-refractivity contribution in [1.82, 2.24) is 24.1 Å². The summed E-state index contributed by atoms with van der Waals surface area (Å²) in [6.07, 6.45) is 8.92. The largest absolute Gasteiger partial charge is 0.342 e. The quantitative estimate of drug-likeness (QED) is 0.388. The van der Waals surface area contributed by atoms with Crippen molar-refractivity contribution in [3.63, 3.8) is 0 Å². The van der Waals surface area contributed by atoms with Crippen LogP contribution in [-0.2, 0) is 11.3 Å². The maximum atomic E-state index is 13.1. The average molecular weight is 442 g/mol. The van der Waals surface area contributed by atoms with Gasteiger partial charge in [-0.15, -0.1) is 10.2 Å². The Kier molecular flexibility index (Phi) is 6.95. The van der Waals surface area contributed by atoms with E-state index in [1.54, 1.807) is 4.57 Å². The molecule has 1 aromatic carbocycles. The lowest BCUT2D eigenvalue weighted by atomic mass is 9.94. The molecule has 166 valence electrons. The molecule has 31 heavy (non-hydrogen) atoms. The van der Waals surface area contributed by atoms with Crippen molar-refractivity contribution in [3.05, 3.63) is 34.6 Å². The summed E-state index contributed by atoms with van der Waals surface area (Å²) in [5, 5.41) is 10.0. The Morgan fingerprint density at radius 1 is 1.16 bits per heavy atom. The summed E-state index contributed by atoms with van der Waals surface area (Å²) in [7, 11) is 1.92. The molecule has 0 aliphatic heterocycles. The standard InChI is InChI=1S/C23H31N5O2S/c1-3-4-10-15-27-21(30)18-13-8-9-14-19(18)28-22(27)24-25-23(28)31-16-20(29)26(2)17-11-6-5-7-12-17/h8-9,13-14,17H,3-7,10-12,15-16H2,1-2H3. The van der Waals surface area contributed by atoms with Crippen LogP contribution in [0.5, 0.6) is 0 Å². The number of hydrogen-bond acceptors (Lipinski definition) is 5. The predicted octanol–water partition coefficient (Wildman–Crippen LogP) is 4.12. The molecule has 1 amide bonds. The van der Waals surface area contributed by atoms with Crippen LogP contribution in [0.3, 0.4) is 0 Å². The van der Waals surface area contributed by atoms with Gasteiger partial charge in [-0.2, -0.15) is 0 Å². The van der Waals surface area contributed by atoms with Crippen LogP contribution in [0.15, 0.2) is 34.2 Å². The molecular formula is C23H31N5O2S. The number of aromatic nitrogens is 4. The van der Waals surface area contributed by atoms with Gasteiger partial charge in [0.2, 0.25) is 11.7 Å². The van der Waals surface area contributed by atoms with Crippen molar-refractivity contribution in [1.29, 1.82) is 0 Å². The van der Waals surface area contributed by atoms with E-state index in [9.17, 15) is 9.59 Å². The Bertz CT molecular complexity index is 1120. The third kappa shape index (κ3) is 4.49. The molecule has 1 fully saturated rings. The average Bonchev–Trinajstić information content (AvgIpc) is 3.23. The summed E-state index contributed by atoms with van der Waals surface area (Å²) in [6, 6.07) is 7.92. The normalized spacial score (nSPS) is 15.0. The van der Waals surface area contributed by atoms with E-state index in [1.165, 1.54) is 31.0 Å². The van der Waals surface area contributed by atoms with E-state index in [-0.39, 0.29) is 11.5 Å². The van der Waals surface area contributed by atoms with Crippen molar-refractivity contribution in [2.24, 2.45) is 0 Å². The zero-order valence-electron chi connectivity index (χ0n) is 18.4. The number of carbonyl (C=O) groups excluding carboxylic acids is 1. The number of thioether (sulfide) groups is 1. The second kappa shape index (κ2) is 9.85. The molecule has 0 saturated heterocycles. The lowest BCUT2D eigenvalue weighted by Gasteiger charge is -2.31. The van der Waals surface area contributed by atoms with Crippen molar-refractivity contribution in [3.8, 4) is 0 Å². The molecule has 0 radical (unpaired) electrons. The van der Waals surface area contributed by atoms with Gasteiger partial charge < -0.3 is 4.90 Å². The third-order valence-corrected chi connectivity index (χ3v) is 7.22. The van der Waals surface area contributed by atoms with Crippen molar-refractivity contribution < 1.29 is 4.79 Å². The number of amides is 1. The molecule has 8 heteroatoms. The van der Waals surface area contributed by atoms with Crippen molar-refractivity contribution >= 4 is 34.3 Å². The van der Waals surface area contributed by atoms with Crippen molar-refractivity contribution in [2.45, 2.75) is 76.0 Å². The van der Waals surface area contributed by atoms with Gasteiger partial charge >= 0.3 is 0 Å². The molecular weight excluding hydrogens is 410 g/mol. The zero-order chi connectivity index (χ0) is 21.8. The van der Waals surface area contributed by atoms with E-state index in [0.29, 0.717) is 34.7 Å². The number of unbranched alkanes of at least 4 members (excludes halogenated alkanes) is 2. The Morgan fingerprint density at radius 2 is 1.94 bits per heavy atom. The van der Waals surface area contributed by atoms with Crippen LogP contribution in [0.25, 0.3) is 16.7 Å². The number of benzene rings is 1. The molecule has 0 N–H and O–H groups in total. The molecule has 0 unspecified atom stereocenters. The first-order valence-corrected chi connectivity index (χ1v) is 12.4. The molecule has 2 aromatic heterocycles. The predicted molar refractivity (Wildman–Crippen MR) is 125 cm³/mol. The molecule has 0 bridgehead atoms. The van der Waals surface area contributed by atoms with Crippen molar-refractivity contribution in [2.75, 3.05) is 12.8 Å². The second-order valence-electron chi connectivity index (χ2n) is 8.38. The summed E-state index contributed by atoms with van der Waals surface area (Å²) in [5.41, 5.74) is 0.756. The summed E-state index contributed by atoms with van der Waals surface area (Å²) >= 11 is 1.40. The van der Waals surface area contributed by atoms with Crippen LogP contribution in [0.1, 0.15) is 58.3 Å². The van der Waals surface area contributed by atoms with Gasteiger partial charge in [-0.3, -0.25) is 18.6 Å². The first-order chi connectivity index (χ1) is 15.1. The Morgan fingerprint density at radius 3 is 2.71 bits per heavy atom. The topological polar surface area (TPSA) is 72.5 Å². The number of nitrogens with zero attached hydrogens (tertiary/aromatic N) is 5. The Hall–Kier alpha value is -2.35. The van der Waals surface area contributed by atoms with Crippen LogP contribution >= 0.6 is 11.8 Å². The number of aryl methyl sites for hydroxylation is 1. The van der Waals surface area contributed by atoms with E-state index >= 15 is 0 Å². The van der Waals surface area contributed by atoms with Gasteiger partial charge in [0.25, 0.3) is 5.56 Å². The van der Waals surface area contributed by atoms with E-state index < -0.39 is 0 Å². The number of fused-ring (bicyclic) bond motifs is 3. The Labute approximate surface area is 186 Å². The fraction of sp³-hybridized carbons (Fsp3) is 0.565. The minimum atomic E-state index is -0.0312. The number of para-hydroxylation sites is 1. The van der Waals surface area contributed by atoms with Crippen LogP contribution in [-0.4, -0.2) is 48.8 Å². The van der Waals surface area contributed by atoms with E-state index in [1.807, 2.05) is 40.6 Å². The first kappa shape index (κ1) is 21.9. The van der Waals surface area contributed by atoms with Crippen LogP contribution in [0.2, 0.25) is 0 Å². The van der Waals surface area contributed by atoms with Gasteiger partial charge in [0.05, 0.1) is 16.7 Å². The van der Waals surface area contributed by atoms with Gasteiger partial charge in [-0.25, -0.2) is 0 Å². The molecule has 0 spiro atoms. The molecule has 2 heterocycles. The fourth-order valence-electron chi connectivity index (χ4n) is 4.45. The molecule has 3 aromatic rings. The molecule has 1 saturated carbocycles. The maximum Gasteiger partial charge on any atom is 0.262 e. The molecule has 1 aliphatic rings. The van der Waals surface area contributed by atoms with Gasteiger partial charge in [0.1, 0.15) is 0 Å². The highest BCUT2D eigenvalue weighted by molar-refractivity contribution is 7.99. The monoisotopic (exact) mass is 441 g/mol. The molecule has 4 rings (SSSR count). The minimum Gasteiger partial charge on any atom is -0.342 e. The molecule has 1 aliphatic carbocycles. The van der Waals surface area contributed by atoms with E-state index in [2.05, 4.69) is 17.1 Å². The van der Waals surface area contributed by atoms with Gasteiger partial charge in [-0.05, 0) is 31.4 Å². The summed E-state index contributed by atoms with van der Waals surface area (Å²) in [6.45, 7) is 2.76. The molecule has 0 atom stereocenters. The van der Waals surface area contributed by atoms with Crippen LogP contribution < -0.4 is 5.56 Å². The highest BCUT2D eigenvalue weighted by atomic mass is 32.2. The second-order valence-corrected chi connectivity index (χ2v) is 9.33. The van der Waals surface area contributed by atoms with E-state index in [0.717, 1.165) is 37.6 Å². The summed E-state index contributed by atoms with van der Waals surface area (Å²) in [4.78, 5) is 27.8. The summed E-state index contributed by atoms with van der Waals surface area (Å²) in [5.74, 6) is 0.987. The minimum absolute atomic E-state index is 0.0312. The Balaban J connectivity index is 1.62. The number of hydrogen-bond donors (Lipinski definition) is 0. The van der Waals surface area contributed by atoms with Gasteiger partial charge in [0.15, 0.2) is 5.16 Å². The third-order valence-electron chi connectivity index (χ3n) is 6.30. The van der Waals surface area contributed by atoms with Gasteiger partial charge in [0, 0.05) is 19.6 Å². The smallest absolute Gasteiger partial charge is 0.262 e. The zero-order valence-corrected chi connectivity index (χ0v) is 19.2. The lowest BCUT2D eigenvalue weighted by molar-refractivity contribution is -0.129. The molecule has 7 nitrogen and oxygen atoms in total. The number of rotatable bonds is 8. The van der Waals surface area contributed by atoms with E-state index in [4.69, 9.17) is 0 Å². The summed E-state index contributed by atoms with van der Waals surface area (Å²) < 4.78 is 3.66. The lowest BCUT2D eigenvalue weighted by Crippen LogP contribution is -2.39. The SMILES string of the molecule is CCCCCn1c(=O)c2ccccc2n2c(SCC(=O)N(C)C3CCCCC3)nnc12. The highest BCUT2D eigenvalue weighted by Crippen LogP contribution is 2.25. The number of carbonyl (C=O) groups is 1.